The molecule has 0 heterocycles. The Morgan fingerprint density at radius 3 is 2.35 bits per heavy atom. The van der Waals surface area contributed by atoms with Gasteiger partial charge in [-0.1, -0.05) is 30.3 Å². The van der Waals surface area contributed by atoms with Gasteiger partial charge in [0.1, 0.15) is 24.7 Å². The van der Waals surface area contributed by atoms with Crippen LogP contribution in [0.3, 0.4) is 0 Å². The molecule has 0 saturated heterocycles. The molecule has 2 N–H and O–H groups in total. The van der Waals surface area contributed by atoms with E-state index in [2.05, 4.69) is 0 Å². The van der Waals surface area contributed by atoms with Gasteiger partial charge in [-0.05, 0) is 12.1 Å². The fourth-order valence-corrected chi connectivity index (χ4v) is 2.03. The van der Waals surface area contributed by atoms with Gasteiger partial charge in [-0.15, -0.1) is 0 Å². The van der Waals surface area contributed by atoms with E-state index < -0.39 is 11.9 Å². The molecule has 26 heavy (non-hydrogen) atoms. The van der Waals surface area contributed by atoms with E-state index in [0.717, 1.165) is 6.08 Å². The number of ether oxygens (including phenoxy) is 2. The molecule has 0 atom stereocenters. The Balaban J connectivity index is 1.89. The van der Waals surface area contributed by atoms with Crippen LogP contribution < -0.4 is 4.74 Å². The van der Waals surface area contributed by atoms with Crippen LogP contribution in [0.2, 0.25) is 0 Å². The van der Waals surface area contributed by atoms with E-state index in [1.165, 1.54) is 18.2 Å². The van der Waals surface area contributed by atoms with E-state index in [4.69, 9.17) is 14.6 Å². The topological polar surface area (TPSA) is 110 Å². The highest BCUT2D eigenvalue weighted by Crippen LogP contribution is 2.25. The highest BCUT2D eigenvalue weighted by Gasteiger charge is 2.14. The number of aromatic hydroxyl groups is 1. The van der Waals surface area contributed by atoms with Crippen LogP contribution in [0.15, 0.2) is 60.7 Å². The maximum Gasteiger partial charge on any atom is 0.331 e. The van der Waals surface area contributed by atoms with Crippen molar-refractivity contribution in [1.29, 1.82) is 0 Å². The van der Waals surface area contributed by atoms with Gasteiger partial charge >= 0.3 is 11.9 Å². The van der Waals surface area contributed by atoms with Crippen LogP contribution in [0.4, 0.5) is 0 Å². The smallest absolute Gasteiger partial charge is 0.331 e. The molecule has 0 bridgehead atoms. The standard InChI is InChI=1S/C19H16O7/c20-16-12-14(25-10-11-26-18(23)9-8-17(21)22)6-7-15(16)19(24)13-4-2-1-3-5-13/h1-9,12,20H,10-11H2,(H,21,22). The van der Waals surface area contributed by atoms with Crippen molar-refractivity contribution in [3.05, 3.63) is 71.8 Å². The van der Waals surface area contributed by atoms with Crippen molar-refractivity contribution in [2.75, 3.05) is 13.2 Å². The number of esters is 1. The van der Waals surface area contributed by atoms with Crippen LogP contribution >= 0.6 is 0 Å². The Labute approximate surface area is 149 Å². The van der Waals surface area contributed by atoms with Gasteiger partial charge in [0, 0.05) is 23.8 Å². The Kier molecular flexibility index (Phi) is 6.50. The molecule has 7 heteroatoms. The summed E-state index contributed by atoms with van der Waals surface area (Å²) in [5, 5.41) is 18.4. The molecule has 0 amide bonds. The summed E-state index contributed by atoms with van der Waals surface area (Å²) in [6.45, 7) is -0.105. The largest absolute Gasteiger partial charge is 0.507 e. The minimum Gasteiger partial charge on any atom is -0.507 e. The maximum absolute atomic E-state index is 12.3. The lowest BCUT2D eigenvalue weighted by atomic mass is 10.0. The first-order chi connectivity index (χ1) is 12.5. The van der Waals surface area contributed by atoms with E-state index in [9.17, 15) is 19.5 Å². The number of carboxylic acids is 1. The fraction of sp³-hybridized carbons (Fsp3) is 0.105. The fourth-order valence-electron chi connectivity index (χ4n) is 2.03. The van der Waals surface area contributed by atoms with Gasteiger partial charge < -0.3 is 19.7 Å². The zero-order valence-corrected chi connectivity index (χ0v) is 13.6. The third-order valence-corrected chi connectivity index (χ3v) is 3.21. The second kappa shape index (κ2) is 9.03. The zero-order valence-electron chi connectivity index (χ0n) is 13.6. The van der Waals surface area contributed by atoms with E-state index in [-0.39, 0.29) is 30.3 Å². The van der Waals surface area contributed by atoms with Crippen molar-refractivity contribution in [2.24, 2.45) is 0 Å². The molecule has 0 aliphatic heterocycles. The van der Waals surface area contributed by atoms with E-state index in [1.54, 1.807) is 30.3 Å². The molecule has 7 nitrogen and oxygen atoms in total. The minimum absolute atomic E-state index is 0.00191. The average molecular weight is 356 g/mol. The summed E-state index contributed by atoms with van der Waals surface area (Å²) in [6, 6.07) is 12.8. The molecule has 0 aliphatic carbocycles. The molecule has 0 fully saturated rings. The molecular formula is C19H16O7. The van der Waals surface area contributed by atoms with Gasteiger partial charge in [-0.25, -0.2) is 9.59 Å². The van der Waals surface area contributed by atoms with Crippen LogP contribution in [-0.4, -0.2) is 41.1 Å². The van der Waals surface area contributed by atoms with Gasteiger partial charge in [0.25, 0.3) is 0 Å². The van der Waals surface area contributed by atoms with Crippen LogP contribution in [0.1, 0.15) is 15.9 Å². The van der Waals surface area contributed by atoms with E-state index in [0.29, 0.717) is 17.4 Å². The molecule has 0 aliphatic rings. The predicted molar refractivity (Wildman–Crippen MR) is 91.2 cm³/mol. The highest BCUT2D eigenvalue weighted by atomic mass is 16.6. The Bertz CT molecular complexity index is 825. The lowest BCUT2D eigenvalue weighted by Gasteiger charge is -2.09. The number of ketones is 1. The quantitative estimate of drug-likeness (QED) is 0.323. The summed E-state index contributed by atoms with van der Waals surface area (Å²) in [6.07, 6.45) is 1.46. The van der Waals surface area contributed by atoms with Gasteiger partial charge in [-0.2, -0.15) is 0 Å². The molecule has 0 aromatic heterocycles. The number of carboxylic acid groups (broad SMARTS) is 1. The third kappa shape index (κ3) is 5.48. The number of carbonyl (C=O) groups excluding carboxylic acids is 2. The Hall–Kier alpha value is -3.61. The average Bonchev–Trinajstić information content (AvgIpc) is 2.64. The van der Waals surface area contributed by atoms with Crippen LogP contribution in [0, 0.1) is 0 Å². The second-order valence-corrected chi connectivity index (χ2v) is 5.06. The van der Waals surface area contributed by atoms with Crippen molar-refractivity contribution in [3.8, 4) is 11.5 Å². The lowest BCUT2D eigenvalue weighted by Crippen LogP contribution is -2.11. The van der Waals surface area contributed by atoms with Gasteiger partial charge in [0.15, 0.2) is 5.78 Å². The number of carbonyl (C=O) groups is 3. The number of hydrogen-bond donors (Lipinski definition) is 2. The lowest BCUT2D eigenvalue weighted by molar-refractivity contribution is -0.139. The molecule has 2 rings (SSSR count). The molecular weight excluding hydrogens is 340 g/mol. The number of hydrogen-bond acceptors (Lipinski definition) is 6. The van der Waals surface area contributed by atoms with Crippen LogP contribution in [0.25, 0.3) is 0 Å². The first-order valence-corrected chi connectivity index (χ1v) is 7.60. The molecule has 0 spiro atoms. The maximum atomic E-state index is 12.3. The van der Waals surface area contributed by atoms with Crippen molar-refractivity contribution in [1.82, 2.24) is 0 Å². The minimum atomic E-state index is -1.25. The molecule has 0 radical (unpaired) electrons. The molecule has 134 valence electrons. The number of rotatable bonds is 8. The summed E-state index contributed by atoms with van der Waals surface area (Å²) in [5.74, 6) is -2.29. The summed E-state index contributed by atoms with van der Waals surface area (Å²) in [5.41, 5.74) is 0.603. The number of phenols is 1. The number of aliphatic carboxylic acids is 1. The first-order valence-electron chi connectivity index (χ1n) is 7.60. The van der Waals surface area contributed by atoms with Crippen LogP contribution in [0.5, 0.6) is 11.5 Å². The molecule has 2 aromatic carbocycles. The monoisotopic (exact) mass is 356 g/mol. The van der Waals surface area contributed by atoms with Gasteiger partial charge in [0.2, 0.25) is 0 Å². The highest BCUT2D eigenvalue weighted by molar-refractivity contribution is 6.10. The zero-order chi connectivity index (χ0) is 18.9. The Morgan fingerprint density at radius 1 is 0.962 bits per heavy atom. The normalized spacial score (nSPS) is 10.5. The molecule has 0 saturated carbocycles. The van der Waals surface area contributed by atoms with E-state index >= 15 is 0 Å². The van der Waals surface area contributed by atoms with Gasteiger partial charge in [-0.3, -0.25) is 4.79 Å². The predicted octanol–water partition coefficient (Wildman–Crippen LogP) is 2.19. The van der Waals surface area contributed by atoms with Gasteiger partial charge in [0.05, 0.1) is 5.56 Å². The van der Waals surface area contributed by atoms with Crippen molar-refractivity contribution in [2.45, 2.75) is 0 Å². The number of phenolic OH excluding ortho intramolecular Hbond substituents is 1. The third-order valence-electron chi connectivity index (χ3n) is 3.21. The van der Waals surface area contributed by atoms with E-state index in [1.807, 2.05) is 0 Å². The van der Waals surface area contributed by atoms with Crippen molar-refractivity contribution in [3.63, 3.8) is 0 Å². The number of benzene rings is 2. The van der Waals surface area contributed by atoms with Crippen molar-refractivity contribution >= 4 is 17.7 Å². The van der Waals surface area contributed by atoms with Crippen molar-refractivity contribution < 1.29 is 34.1 Å². The second-order valence-electron chi connectivity index (χ2n) is 5.06. The summed E-state index contributed by atoms with van der Waals surface area (Å²) < 4.78 is 10.0. The summed E-state index contributed by atoms with van der Waals surface area (Å²) in [4.78, 5) is 33.7. The summed E-state index contributed by atoms with van der Waals surface area (Å²) in [7, 11) is 0. The SMILES string of the molecule is O=C(O)C=CC(=O)OCCOc1ccc(C(=O)c2ccccc2)c(O)c1. The molecule has 2 aromatic rings. The summed E-state index contributed by atoms with van der Waals surface area (Å²) >= 11 is 0. The molecule has 0 unspecified atom stereocenters. The Morgan fingerprint density at radius 2 is 1.69 bits per heavy atom. The first kappa shape index (κ1) is 18.7. The van der Waals surface area contributed by atoms with Crippen LogP contribution in [-0.2, 0) is 14.3 Å².